The molecular weight excluding hydrogens is 154 g/mol. The van der Waals surface area contributed by atoms with Crippen LogP contribution < -0.4 is 0 Å². The minimum Gasteiger partial charge on any atom is -0.411 e. The van der Waals surface area contributed by atoms with Crippen LogP contribution in [0.15, 0.2) is 35.5 Å². The van der Waals surface area contributed by atoms with Gasteiger partial charge in [0.25, 0.3) is 0 Å². The summed E-state index contributed by atoms with van der Waals surface area (Å²) in [4.78, 5) is 0. The van der Waals surface area contributed by atoms with Crippen LogP contribution in [0.2, 0.25) is 0 Å². The zero-order valence-electron chi connectivity index (χ0n) is 6.81. The fourth-order valence-corrected chi connectivity index (χ4v) is 0.931. The van der Waals surface area contributed by atoms with Crippen LogP contribution >= 0.6 is 0 Å². The van der Waals surface area contributed by atoms with Gasteiger partial charge in [0, 0.05) is 0 Å². The summed E-state index contributed by atoms with van der Waals surface area (Å²) in [5.74, 6) is 0. The zero-order chi connectivity index (χ0) is 8.97. The third-order valence-electron chi connectivity index (χ3n) is 1.67. The van der Waals surface area contributed by atoms with Crippen LogP contribution in [0.25, 0.3) is 0 Å². The smallest absolute Gasteiger partial charge is 0.120 e. The van der Waals surface area contributed by atoms with E-state index in [0.29, 0.717) is 5.71 Å². The highest BCUT2D eigenvalue weighted by molar-refractivity contribution is 5.86. The van der Waals surface area contributed by atoms with Crippen LogP contribution in [0.4, 0.5) is 0 Å². The summed E-state index contributed by atoms with van der Waals surface area (Å²) in [6, 6.07) is 9.06. The number of nitrogens with zero attached hydrogens (tertiary/aromatic N) is 1. The predicted octanol–water partition coefficient (Wildman–Crippen LogP) is 1.57. The van der Waals surface area contributed by atoms with Crippen molar-refractivity contribution in [2.75, 3.05) is 0 Å². The van der Waals surface area contributed by atoms with Gasteiger partial charge in [-0.15, -0.1) is 0 Å². The highest BCUT2D eigenvalue weighted by atomic mass is 16.4. The molecule has 2 N–H and O–H groups in total. The van der Waals surface area contributed by atoms with Crippen molar-refractivity contribution in [2.24, 2.45) is 5.16 Å². The number of rotatable bonds is 2. The maximum absolute atomic E-state index is 9.50. The molecule has 0 amide bonds. The maximum atomic E-state index is 9.50. The van der Waals surface area contributed by atoms with Gasteiger partial charge in [-0.05, 0) is 12.5 Å². The molecule has 3 heteroatoms. The number of hydrogen-bond donors (Lipinski definition) is 2. The second-order valence-electron chi connectivity index (χ2n) is 2.55. The molecule has 0 aromatic heterocycles. The van der Waals surface area contributed by atoms with Gasteiger partial charge in [0.05, 0.1) is 5.71 Å². The molecule has 0 saturated heterocycles. The number of aliphatic hydroxyl groups is 1. The quantitative estimate of drug-likeness (QED) is 0.397. The van der Waals surface area contributed by atoms with E-state index in [1.165, 1.54) is 0 Å². The first-order valence-electron chi connectivity index (χ1n) is 3.67. The van der Waals surface area contributed by atoms with Gasteiger partial charge in [0.2, 0.25) is 0 Å². The summed E-state index contributed by atoms with van der Waals surface area (Å²) in [5, 5.41) is 20.8. The first kappa shape index (κ1) is 8.74. The molecule has 0 spiro atoms. The Kier molecular flexibility index (Phi) is 2.82. The van der Waals surface area contributed by atoms with E-state index in [9.17, 15) is 5.11 Å². The SMILES string of the molecule is CC(=NO)[C@H](O)c1ccccc1. The molecule has 0 aliphatic rings. The van der Waals surface area contributed by atoms with Gasteiger partial charge in [-0.1, -0.05) is 35.5 Å². The molecule has 0 aliphatic heterocycles. The molecular formula is C9H11NO2. The topological polar surface area (TPSA) is 52.8 Å². The first-order chi connectivity index (χ1) is 5.75. The zero-order valence-corrected chi connectivity index (χ0v) is 6.81. The Bertz CT molecular complexity index is 269. The average molecular weight is 165 g/mol. The molecule has 1 aromatic carbocycles. The van der Waals surface area contributed by atoms with Crippen molar-refractivity contribution in [2.45, 2.75) is 13.0 Å². The molecule has 64 valence electrons. The molecule has 0 radical (unpaired) electrons. The van der Waals surface area contributed by atoms with Crippen molar-refractivity contribution in [1.82, 2.24) is 0 Å². The lowest BCUT2D eigenvalue weighted by molar-refractivity contribution is 0.234. The van der Waals surface area contributed by atoms with Crippen LogP contribution in [0, 0.1) is 0 Å². The van der Waals surface area contributed by atoms with Crippen molar-refractivity contribution < 1.29 is 10.3 Å². The third-order valence-corrected chi connectivity index (χ3v) is 1.67. The Balaban J connectivity index is 2.86. The summed E-state index contributed by atoms with van der Waals surface area (Å²) in [6.07, 6.45) is -0.809. The van der Waals surface area contributed by atoms with Gasteiger partial charge in [-0.25, -0.2) is 0 Å². The normalized spacial score (nSPS) is 14.3. The molecule has 0 heterocycles. The standard InChI is InChI=1S/C9H11NO2/c1-7(10-12)9(11)8-5-3-2-4-6-8/h2-6,9,11-12H,1H3/t9-/m0/s1. The summed E-state index contributed by atoms with van der Waals surface area (Å²) in [5.41, 5.74) is 1.02. The lowest BCUT2D eigenvalue weighted by Gasteiger charge is -2.07. The lowest BCUT2D eigenvalue weighted by Crippen LogP contribution is -2.07. The Morgan fingerprint density at radius 2 is 1.92 bits per heavy atom. The Labute approximate surface area is 71.0 Å². The summed E-state index contributed by atoms with van der Waals surface area (Å²) < 4.78 is 0. The molecule has 0 bridgehead atoms. The highest BCUT2D eigenvalue weighted by Gasteiger charge is 2.09. The first-order valence-corrected chi connectivity index (χ1v) is 3.67. The van der Waals surface area contributed by atoms with E-state index in [-0.39, 0.29) is 0 Å². The van der Waals surface area contributed by atoms with Gasteiger partial charge < -0.3 is 10.3 Å². The maximum Gasteiger partial charge on any atom is 0.120 e. The summed E-state index contributed by atoms with van der Waals surface area (Å²) in [6.45, 7) is 1.57. The summed E-state index contributed by atoms with van der Waals surface area (Å²) >= 11 is 0. The van der Waals surface area contributed by atoms with Gasteiger partial charge in [0.15, 0.2) is 0 Å². The fourth-order valence-electron chi connectivity index (χ4n) is 0.931. The van der Waals surface area contributed by atoms with E-state index in [2.05, 4.69) is 5.16 Å². The van der Waals surface area contributed by atoms with Gasteiger partial charge in [0.1, 0.15) is 6.10 Å². The number of oxime groups is 1. The molecule has 1 aromatic rings. The van der Waals surface area contributed by atoms with E-state index < -0.39 is 6.10 Å². The summed E-state index contributed by atoms with van der Waals surface area (Å²) in [7, 11) is 0. The lowest BCUT2D eigenvalue weighted by atomic mass is 10.1. The second-order valence-corrected chi connectivity index (χ2v) is 2.55. The van der Waals surface area contributed by atoms with E-state index in [0.717, 1.165) is 5.56 Å². The van der Waals surface area contributed by atoms with E-state index in [1.807, 2.05) is 18.2 Å². The van der Waals surface area contributed by atoms with Crippen LogP contribution in [0.1, 0.15) is 18.6 Å². The van der Waals surface area contributed by atoms with Crippen LogP contribution in [0.5, 0.6) is 0 Å². The Morgan fingerprint density at radius 1 is 1.33 bits per heavy atom. The van der Waals surface area contributed by atoms with E-state index in [4.69, 9.17) is 5.21 Å². The second kappa shape index (κ2) is 3.88. The van der Waals surface area contributed by atoms with Crippen molar-refractivity contribution in [3.05, 3.63) is 35.9 Å². The average Bonchev–Trinajstić information content (AvgIpc) is 2.17. The Hall–Kier alpha value is -1.35. The van der Waals surface area contributed by atoms with E-state index in [1.54, 1.807) is 19.1 Å². The largest absolute Gasteiger partial charge is 0.411 e. The molecule has 0 fully saturated rings. The van der Waals surface area contributed by atoms with Crippen molar-refractivity contribution >= 4 is 5.71 Å². The molecule has 1 atom stereocenters. The highest BCUT2D eigenvalue weighted by Crippen LogP contribution is 2.13. The molecule has 1 rings (SSSR count). The number of hydrogen-bond acceptors (Lipinski definition) is 3. The van der Waals surface area contributed by atoms with Crippen LogP contribution in [0.3, 0.4) is 0 Å². The van der Waals surface area contributed by atoms with Gasteiger partial charge >= 0.3 is 0 Å². The molecule has 0 unspecified atom stereocenters. The van der Waals surface area contributed by atoms with Crippen LogP contribution in [-0.4, -0.2) is 16.0 Å². The molecule has 12 heavy (non-hydrogen) atoms. The Morgan fingerprint density at radius 3 is 2.42 bits per heavy atom. The number of aliphatic hydroxyl groups excluding tert-OH is 1. The van der Waals surface area contributed by atoms with Gasteiger partial charge in [-0.3, -0.25) is 0 Å². The molecule has 0 saturated carbocycles. The van der Waals surface area contributed by atoms with Crippen molar-refractivity contribution in [3.8, 4) is 0 Å². The van der Waals surface area contributed by atoms with Crippen LogP contribution in [-0.2, 0) is 0 Å². The van der Waals surface area contributed by atoms with Crippen molar-refractivity contribution in [1.29, 1.82) is 0 Å². The fraction of sp³-hybridized carbons (Fsp3) is 0.222. The molecule has 3 nitrogen and oxygen atoms in total. The monoisotopic (exact) mass is 165 g/mol. The van der Waals surface area contributed by atoms with Gasteiger partial charge in [-0.2, -0.15) is 0 Å². The van der Waals surface area contributed by atoms with E-state index >= 15 is 0 Å². The van der Waals surface area contributed by atoms with Crippen molar-refractivity contribution in [3.63, 3.8) is 0 Å². The minimum atomic E-state index is -0.809. The predicted molar refractivity (Wildman–Crippen MR) is 46.3 cm³/mol. The number of benzene rings is 1. The minimum absolute atomic E-state index is 0.293. The molecule has 0 aliphatic carbocycles. The third kappa shape index (κ3) is 1.83.